The standard InChI is InChI=1S/C11H12BrClN2O3S/c1-6-3-9(14-7(2)11(6)12)15-5-8(4-10(15)16)19(13,17)18/h3,8H,4-5H2,1-2H3. The second kappa shape index (κ2) is 5.03. The largest absolute Gasteiger partial charge is 0.295 e. The molecule has 1 amide bonds. The van der Waals surface area contributed by atoms with Crippen LogP contribution in [0.4, 0.5) is 5.82 Å². The number of halogens is 2. The molecule has 2 rings (SSSR count). The van der Waals surface area contributed by atoms with E-state index in [4.69, 9.17) is 10.7 Å². The molecule has 19 heavy (non-hydrogen) atoms. The molecule has 0 bridgehead atoms. The van der Waals surface area contributed by atoms with Gasteiger partial charge in [-0.1, -0.05) is 0 Å². The topological polar surface area (TPSA) is 67.3 Å². The predicted octanol–water partition coefficient (Wildman–Crippen LogP) is 2.13. The van der Waals surface area contributed by atoms with Gasteiger partial charge in [0, 0.05) is 28.1 Å². The number of carbonyl (C=O) groups excluding carboxylic acids is 1. The van der Waals surface area contributed by atoms with Crippen molar-refractivity contribution in [1.29, 1.82) is 0 Å². The lowest BCUT2D eigenvalue weighted by atomic mass is 10.2. The molecule has 0 saturated carbocycles. The molecule has 1 fully saturated rings. The lowest BCUT2D eigenvalue weighted by Gasteiger charge is -2.17. The summed E-state index contributed by atoms with van der Waals surface area (Å²) in [6.45, 7) is 3.76. The van der Waals surface area contributed by atoms with Gasteiger partial charge in [0.05, 0.1) is 5.69 Å². The highest BCUT2D eigenvalue weighted by Gasteiger charge is 2.38. The lowest BCUT2D eigenvalue weighted by Crippen LogP contribution is -2.27. The van der Waals surface area contributed by atoms with Gasteiger partial charge in [-0.25, -0.2) is 13.4 Å². The molecule has 1 atom stereocenters. The van der Waals surface area contributed by atoms with E-state index >= 15 is 0 Å². The number of anilines is 1. The van der Waals surface area contributed by atoms with E-state index < -0.39 is 14.3 Å². The molecule has 0 aromatic carbocycles. The molecule has 0 spiro atoms. The van der Waals surface area contributed by atoms with Crippen LogP contribution in [-0.4, -0.2) is 31.1 Å². The lowest BCUT2D eigenvalue weighted by molar-refractivity contribution is -0.117. The average molecular weight is 368 g/mol. The van der Waals surface area contributed by atoms with Crippen LogP contribution in [0.5, 0.6) is 0 Å². The number of nitrogens with zero attached hydrogens (tertiary/aromatic N) is 2. The number of aryl methyl sites for hydroxylation is 2. The molecular weight excluding hydrogens is 356 g/mol. The van der Waals surface area contributed by atoms with E-state index in [0.29, 0.717) is 5.82 Å². The molecule has 0 aliphatic carbocycles. The van der Waals surface area contributed by atoms with E-state index in [-0.39, 0.29) is 18.9 Å². The van der Waals surface area contributed by atoms with Crippen LogP contribution in [0.2, 0.25) is 0 Å². The number of amides is 1. The Labute approximate surface area is 124 Å². The Morgan fingerprint density at radius 1 is 1.47 bits per heavy atom. The third-order valence-corrected chi connectivity index (χ3v) is 6.12. The number of rotatable bonds is 2. The van der Waals surface area contributed by atoms with Crippen molar-refractivity contribution in [2.45, 2.75) is 25.5 Å². The fraction of sp³-hybridized carbons (Fsp3) is 0.455. The minimum atomic E-state index is -3.73. The number of hydrogen-bond donors (Lipinski definition) is 0. The van der Waals surface area contributed by atoms with Gasteiger partial charge in [-0.2, -0.15) is 0 Å². The Hall–Kier alpha value is -0.660. The van der Waals surface area contributed by atoms with Gasteiger partial charge in [-0.15, -0.1) is 0 Å². The van der Waals surface area contributed by atoms with Gasteiger partial charge < -0.3 is 0 Å². The van der Waals surface area contributed by atoms with E-state index in [1.807, 2.05) is 13.8 Å². The summed E-state index contributed by atoms with van der Waals surface area (Å²) in [6, 6.07) is 1.75. The van der Waals surface area contributed by atoms with Gasteiger partial charge in [0.25, 0.3) is 0 Å². The first-order valence-corrected chi connectivity index (χ1v) is 8.74. The van der Waals surface area contributed by atoms with Gasteiger partial charge in [0.2, 0.25) is 15.0 Å². The minimum absolute atomic E-state index is 0.0537. The maximum atomic E-state index is 11.9. The second-order valence-electron chi connectivity index (χ2n) is 4.50. The molecule has 2 heterocycles. The summed E-state index contributed by atoms with van der Waals surface area (Å²) in [5.74, 6) is 0.189. The van der Waals surface area contributed by atoms with Crippen molar-refractivity contribution in [3.05, 3.63) is 21.8 Å². The van der Waals surface area contributed by atoms with E-state index in [9.17, 15) is 13.2 Å². The minimum Gasteiger partial charge on any atom is -0.295 e. The van der Waals surface area contributed by atoms with E-state index in [2.05, 4.69) is 20.9 Å². The summed E-state index contributed by atoms with van der Waals surface area (Å²) in [4.78, 5) is 17.6. The molecule has 1 aliphatic heterocycles. The summed E-state index contributed by atoms with van der Waals surface area (Å²) < 4.78 is 23.5. The zero-order chi connectivity index (χ0) is 14.4. The summed E-state index contributed by atoms with van der Waals surface area (Å²) in [5, 5.41) is -0.868. The Morgan fingerprint density at radius 2 is 2.11 bits per heavy atom. The Morgan fingerprint density at radius 3 is 2.58 bits per heavy atom. The molecule has 0 radical (unpaired) electrons. The number of carbonyl (C=O) groups is 1. The highest BCUT2D eigenvalue weighted by atomic mass is 79.9. The van der Waals surface area contributed by atoms with Crippen molar-refractivity contribution in [3.8, 4) is 0 Å². The van der Waals surface area contributed by atoms with Crippen LogP contribution in [0.1, 0.15) is 17.7 Å². The first-order chi connectivity index (χ1) is 8.70. The smallest absolute Gasteiger partial charge is 0.237 e. The Kier molecular flexibility index (Phi) is 3.90. The molecule has 1 saturated heterocycles. The fourth-order valence-electron chi connectivity index (χ4n) is 2.02. The SMILES string of the molecule is Cc1cc(N2CC(S(=O)(=O)Cl)CC2=O)nc(C)c1Br. The van der Waals surface area contributed by atoms with E-state index in [0.717, 1.165) is 15.7 Å². The van der Waals surface area contributed by atoms with Crippen molar-refractivity contribution in [3.63, 3.8) is 0 Å². The van der Waals surface area contributed by atoms with Gasteiger partial charge in [0.15, 0.2) is 0 Å². The van der Waals surface area contributed by atoms with Crippen molar-refractivity contribution in [1.82, 2.24) is 4.98 Å². The molecule has 1 aliphatic rings. The van der Waals surface area contributed by atoms with Gasteiger partial charge in [-0.05, 0) is 41.4 Å². The molecular formula is C11H12BrClN2O3S. The summed E-state index contributed by atoms with van der Waals surface area (Å²) in [7, 11) is 1.58. The Balaban J connectivity index is 2.36. The molecule has 104 valence electrons. The summed E-state index contributed by atoms with van der Waals surface area (Å²) >= 11 is 3.40. The quantitative estimate of drug-likeness (QED) is 0.751. The monoisotopic (exact) mass is 366 g/mol. The molecule has 1 unspecified atom stereocenters. The Bertz CT molecular complexity index is 624. The molecule has 1 aromatic rings. The van der Waals surface area contributed by atoms with Crippen LogP contribution in [-0.2, 0) is 13.8 Å². The average Bonchev–Trinajstić information content (AvgIpc) is 2.67. The third kappa shape index (κ3) is 2.93. The molecule has 8 heteroatoms. The second-order valence-corrected chi connectivity index (χ2v) is 8.20. The van der Waals surface area contributed by atoms with Crippen LogP contribution in [0.3, 0.4) is 0 Å². The first kappa shape index (κ1) is 14.7. The van der Waals surface area contributed by atoms with Gasteiger partial charge >= 0.3 is 0 Å². The van der Waals surface area contributed by atoms with Crippen LogP contribution >= 0.6 is 26.6 Å². The zero-order valence-electron chi connectivity index (χ0n) is 10.4. The van der Waals surface area contributed by atoms with Crippen molar-refractivity contribution < 1.29 is 13.2 Å². The maximum Gasteiger partial charge on any atom is 0.237 e. The van der Waals surface area contributed by atoms with Gasteiger partial charge in [0.1, 0.15) is 11.1 Å². The van der Waals surface area contributed by atoms with Crippen LogP contribution in [0.15, 0.2) is 10.5 Å². The van der Waals surface area contributed by atoms with Crippen LogP contribution in [0.25, 0.3) is 0 Å². The normalized spacial score (nSPS) is 20.1. The predicted molar refractivity (Wildman–Crippen MR) is 76.9 cm³/mol. The highest BCUT2D eigenvalue weighted by Crippen LogP contribution is 2.29. The molecule has 0 N–H and O–H groups in total. The van der Waals surface area contributed by atoms with Crippen LogP contribution in [0, 0.1) is 13.8 Å². The zero-order valence-corrected chi connectivity index (χ0v) is 13.5. The number of pyridine rings is 1. The summed E-state index contributed by atoms with van der Waals surface area (Å²) in [5.41, 5.74) is 1.69. The van der Waals surface area contributed by atoms with E-state index in [1.165, 1.54) is 4.90 Å². The van der Waals surface area contributed by atoms with Gasteiger partial charge in [-0.3, -0.25) is 9.69 Å². The maximum absolute atomic E-state index is 11.9. The van der Waals surface area contributed by atoms with Crippen molar-refractivity contribution >= 4 is 47.4 Å². The first-order valence-electron chi connectivity index (χ1n) is 5.57. The molecule has 5 nitrogen and oxygen atoms in total. The third-order valence-electron chi connectivity index (χ3n) is 3.06. The summed E-state index contributed by atoms with van der Waals surface area (Å²) in [6.07, 6.45) is -0.0956. The van der Waals surface area contributed by atoms with E-state index in [1.54, 1.807) is 6.07 Å². The van der Waals surface area contributed by atoms with Crippen molar-refractivity contribution in [2.24, 2.45) is 0 Å². The molecule has 1 aromatic heterocycles. The van der Waals surface area contributed by atoms with Crippen molar-refractivity contribution in [2.75, 3.05) is 11.4 Å². The highest BCUT2D eigenvalue weighted by molar-refractivity contribution is 9.10. The number of aromatic nitrogens is 1. The fourth-order valence-corrected chi connectivity index (χ4v) is 3.25. The number of hydrogen-bond acceptors (Lipinski definition) is 4. The van der Waals surface area contributed by atoms with Crippen LogP contribution < -0.4 is 4.90 Å².